The number of carbonyl (C=O) groups excluding carboxylic acids is 5. The Morgan fingerprint density at radius 2 is 1.33 bits per heavy atom. The lowest BCUT2D eigenvalue weighted by Crippen LogP contribution is -2.54. The largest absolute Gasteiger partial charge is 0.462 e. The van der Waals surface area contributed by atoms with E-state index in [1.807, 2.05) is 6.26 Å². The van der Waals surface area contributed by atoms with E-state index in [9.17, 15) is 24.0 Å². The fourth-order valence-corrected chi connectivity index (χ4v) is 5.07. The van der Waals surface area contributed by atoms with Crippen molar-refractivity contribution < 1.29 is 47.7 Å². The number of carbonyl (C=O) groups is 5. The minimum Gasteiger partial charge on any atom is -0.462 e. The maximum absolute atomic E-state index is 12.3. The third-order valence-electron chi connectivity index (χ3n) is 5.00. The average Bonchev–Trinajstić information content (AvgIpc) is 3.27. The van der Waals surface area contributed by atoms with Crippen molar-refractivity contribution in [1.29, 1.82) is 0 Å². The Morgan fingerprint density at radius 3 is 1.85 bits per heavy atom. The molecule has 0 bridgehead atoms. The second kappa shape index (κ2) is 14.7. The quantitative estimate of drug-likeness (QED) is 0.143. The van der Waals surface area contributed by atoms with Crippen molar-refractivity contribution in [3.05, 3.63) is 12.7 Å². The first-order valence-electron chi connectivity index (χ1n) is 11.5. The summed E-state index contributed by atoms with van der Waals surface area (Å²) >= 11 is 2.55. The van der Waals surface area contributed by atoms with Gasteiger partial charge < -0.3 is 23.7 Å². The lowest BCUT2D eigenvalue weighted by atomic mass is 10.0. The van der Waals surface area contributed by atoms with Gasteiger partial charge in [-0.25, -0.2) is 15.0 Å². The molecule has 2 heterocycles. The molecule has 0 spiro atoms. The van der Waals surface area contributed by atoms with Crippen molar-refractivity contribution in [2.75, 3.05) is 19.1 Å². The number of fused-ring (bicyclic) bond motifs is 1. The zero-order valence-corrected chi connectivity index (χ0v) is 24.1. The highest BCUT2D eigenvalue weighted by molar-refractivity contribution is 7.99. The van der Waals surface area contributed by atoms with E-state index in [0.29, 0.717) is 16.2 Å². The van der Waals surface area contributed by atoms with E-state index in [4.69, 9.17) is 23.7 Å². The van der Waals surface area contributed by atoms with Crippen molar-refractivity contribution in [3.8, 4) is 0 Å². The van der Waals surface area contributed by atoms with Gasteiger partial charge in [0.25, 0.3) is 0 Å². The van der Waals surface area contributed by atoms with Crippen molar-refractivity contribution in [2.45, 2.75) is 69.4 Å². The number of aromatic nitrogens is 4. The highest BCUT2D eigenvalue weighted by Crippen LogP contribution is 2.35. The zero-order chi connectivity index (χ0) is 29.3. The minimum absolute atomic E-state index is 0.396. The van der Waals surface area contributed by atoms with Gasteiger partial charge in [-0.15, -0.1) is 23.5 Å². The Balaban J connectivity index is 2.74. The maximum atomic E-state index is 12.3. The number of hydrogen-bond acceptors (Lipinski definition) is 15. The second-order valence-corrected chi connectivity index (χ2v) is 9.76. The summed E-state index contributed by atoms with van der Waals surface area (Å²) in [5.41, 5.74) is 0.881. The highest BCUT2D eigenvalue weighted by atomic mass is 32.2. The summed E-state index contributed by atoms with van der Waals surface area (Å²) in [7, 11) is 0. The van der Waals surface area contributed by atoms with Gasteiger partial charge in [0, 0.05) is 34.6 Å². The SMILES string of the molecule is CSc1ncnc2c1ncn2[C@@H](SC)[C@@H](OC(C)=O)[C@@H](OC(C)=O)[C@H](OC(C)=O)[C@H](COC(C)=O)OC(C)=O. The standard InChI is InChI=1S/C23H30N4O10S2/c1-11(28)33-8-16(34-12(2)29)18(35-13(3)30)19(36-14(4)31)20(37-15(5)32)23(39-7)27-10-26-17-21(27)24-9-25-22(17)38-6/h9-10,16,18-20,23H,8H2,1-7H3/t16-,18+,19-,20-,23-/m0/s1. The van der Waals surface area contributed by atoms with E-state index in [0.717, 1.165) is 34.6 Å². The molecule has 0 unspecified atom stereocenters. The Bertz CT molecular complexity index is 1210. The third-order valence-corrected chi connectivity index (χ3v) is 6.67. The number of esters is 5. The van der Waals surface area contributed by atoms with Crippen LogP contribution in [0.3, 0.4) is 0 Å². The summed E-state index contributed by atoms with van der Waals surface area (Å²) in [6.45, 7) is 5.04. The molecule has 2 aromatic heterocycles. The molecule has 16 heteroatoms. The molecule has 2 aromatic rings. The van der Waals surface area contributed by atoms with E-state index < -0.39 is 66.2 Å². The molecular weight excluding hydrogens is 556 g/mol. The Labute approximate surface area is 232 Å². The molecule has 5 atom stereocenters. The number of nitrogens with zero attached hydrogens (tertiary/aromatic N) is 4. The lowest BCUT2D eigenvalue weighted by molar-refractivity contribution is -0.203. The maximum Gasteiger partial charge on any atom is 0.303 e. The molecule has 39 heavy (non-hydrogen) atoms. The summed E-state index contributed by atoms with van der Waals surface area (Å²) < 4.78 is 28.7. The lowest BCUT2D eigenvalue weighted by Gasteiger charge is -2.38. The fraction of sp³-hybridized carbons (Fsp3) is 0.565. The highest BCUT2D eigenvalue weighted by Gasteiger charge is 2.47. The number of thioether (sulfide) groups is 2. The van der Waals surface area contributed by atoms with Crippen LogP contribution in [0.15, 0.2) is 17.7 Å². The van der Waals surface area contributed by atoms with Crippen LogP contribution >= 0.6 is 23.5 Å². The summed E-state index contributed by atoms with van der Waals surface area (Å²) in [5.74, 6) is -3.88. The Hall–Kier alpha value is -3.40. The molecule has 2 rings (SSSR count). The van der Waals surface area contributed by atoms with Crippen LogP contribution in [0.25, 0.3) is 11.2 Å². The van der Waals surface area contributed by atoms with Crippen molar-refractivity contribution in [2.24, 2.45) is 0 Å². The summed E-state index contributed by atoms with van der Waals surface area (Å²) in [6.07, 6.45) is 0.490. The molecule has 0 saturated carbocycles. The van der Waals surface area contributed by atoms with Gasteiger partial charge in [0.2, 0.25) is 0 Å². The molecule has 0 aromatic carbocycles. The first-order valence-corrected chi connectivity index (χ1v) is 14.0. The number of ether oxygens (including phenoxy) is 5. The van der Waals surface area contributed by atoms with Crippen LogP contribution in [0.1, 0.15) is 40.0 Å². The summed E-state index contributed by atoms with van der Waals surface area (Å²) in [4.78, 5) is 73.2. The summed E-state index contributed by atoms with van der Waals surface area (Å²) in [6, 6.07) is 0. The van der Waals surface area contributed by atoms with Gasteiger partial charge in [0.1, 0.15) is 28.9 Å². The number of imidazole rings is 1. The monoisotopic (exact) mass is 586 g/mol. The molecular formula is C23H30N4O10S2. The minimum atomic E-state index is -1.56. The van der Waals surface area contributed by atoms with E-state index >= 15 is 0 Å². The molecule has 0 N–H and O–H groups in total. The fourth-order valence-electron chi connectivity index (χ4n) is 3.72. The summed E-state index contributed by atoms with van der Waals surface area (Å²) in [5, 5.41) is -0.245. The van der Waals surface area contributed by atoms with Gasteiger partial charge >= 0.3 is 29.8 Å². The van der Waals surface area contributed by atoms with Crippen LogP contribution in [0, 0.1) is 0 Å². The first-order chi connectivity index (χ1) is 18.4. The van der Waals surface area contributed by atoms with Crippen molar-refractivity contribution in [3.63, 3.8) is 0 Å². The number of rotatable bonds is 13. The van der Waals surface area contributed by atoms with Crippen LogP contribution in [0.4, 0.5) is 0 Å². The van der Waals surface area contributed by atoms with Crippen LogP contribution in [0.2, 0.25) is 0 Å². The second-order valence-electron chi connectivity index (χ2n) is 8.01. The zero-order valence-electron chi connectivity index (χ0n) is 22.4. The molecule has 0 aliphatic rings. The smallest absolute Gasteiger partial charge is 0.303 e. The van der Waals surface area contributed by atoms with E-state index in [-0.39, 0.29) is 0 Å². The third kappa shape index (κ3) is 8.81. The molecule has 0 aliphatic carbocycles. The molecule has 0 aliphatic heterocycles. The molecule has 214 valence electrons. The van der Waals surface area contributed by atoms with Crippen molar-refractivity contribution >= 4 is 64.5 Å². The average molecular weight is 587 g/mol. The van der Waals surface area contributed by atoms with Gasteiger partial charge in [0.15, 0.2) is 30.1 Å². The topological polar surface area (TPSA) is 175 Å². The molecule has 0 radical (unpaired) electrons. The first kappa shape index (κ1) is 31.8. The number of hydrogen-bond donors (Lipinski definition) is 0. The Morgan fingerprint density at radius 1 is 0.769 bits per heavy atom. The predicted molar refractivity (Wildman–Crippen MR) is 139 cm³/mol. The van der Waals surface area contributed by atoms with Gasteiger partial charge in [0.05, 0.1) is 6.33 Å². The van der Waals surface area contributed by atoms with Crippen molar-refractivity contribution in [1.82, 2.24) is 19.5 Å². The van der Waals surface area contributed by atoms with Crippen LogP contribution < -0.4 is 0 Å². The van der Waals surface area contributed by atoms with Gasteiger partial charge in [-0.05, 0) is 12.5 Å². The van der Waals surface area contributed by atoms with Gasteiger partial charge in [-0.1, -0.05) is 0 Å². The van der Waals surface area contributed by atoms with Crippen LogP contribution in [0.5, 0.6) is 0 Å². The normalized spacial score (nSPS) is 14.8. The van der Waals surface area contributed by atoms with Crippen LogP contribution in [-0.4, -0.2) is 92.9 Å². The molecule has 0 amide bonds. The van der Waals surface area contributed by atoms with E-state index in [2.05, 4.69) is 15.0 Å². The van der Waals surface area contributed by atoms with E-state index in [1.54, 1.807) is 10.8 Å². The van der Waals surface area contributed by atoms with Crippen LogP contribution in [-0.2, 0) is 47.7 Å². The predicted octanol–water partition coefficient (Wildman–Crippen LogP) is 1.70. The van der Waals surface area contributed by atoms with Gasteiger partial charge in [-0.2, -0.15) is 0 Å². The van der Waals surface area contributed by atoms with E-state index in [1.165, 1.54) is 36.2 Å². The molecule has 0 saturated heterocycles. The Kier molecular flexibility index (Phi) is 12.0. The molecule has 0 fully saturated rings. The van der Waals surface area contributed by atoms with Gasteiger partial charge in [-0.3, -0.25) is 28.5 Å². The molecule has 14 nitrogen and oxygen atoms in total.